The fourth-order valence-electron chi connectivity index (χ4n) is 2.32. The van der Waals surface area contributed by atoms with Crippen molar-refractivity contribution in [2.75, 3.05) is 11.9 Å². The van der Waals surface area contributed by atoms with E-state index in [0.29, 0.717) is 29.4 Å². The summed E-state index contributed by atoms with van der Waals surface area (Å²) in [5.74, 6) is -0.322. The average molecular weight is 368 g/mol. The third kappa shape index (κ3) is 4.75. The molecular weight excluding hydrogens is 351 g/mol. The standard InChI is InChI=1S/C19H17FN4O3/c1-2-17-23-18(24-27-17)12-6-8-13(9-7-12)19(26)21-11-16(25)22-15-5-3-4-14(20)10-15/h3-10H,2,11H2,1H3,(H,21,26)(H,22,25). The van der Waals surface area contributed by atoms with Crippen LogP contribution in [0.2, 0.25) is 0 Å². The molecule has 3 rings (SSSR count). The van der Waals surface area contributed by atoms with Gasteiger partial charge in [-0.25, -0.2) is 4.39 Å². The molecule has 0 spiro atoms. The Labute approximate surface area is 154 Å². The smallest absolute Gasteiger partial charge is 0.251 e. The summed E-state index contributed by atoms with van der Waals surface area (Å²) in [6, 6.07) is 12.1. The number of nitrogens with zero attached hydrogens (tertiary/aromatic N) is 2. The van der Waals surface area contributed by atoms with Crippen molar-refractivity contribution in [3.8, 4) is 11.4 Å². The second kappa shape index (κ2) is 8.22. The highest BCUT2D eigenvalue weighted by Gasteiger charge is 2.11. The quantitative estimate of drug-likeness (QED) is 0.697. The monoisotopic (exact) mass is 368 g/mol. The summed E-state index contributed by atoms with van der Waals surface area (Å²) in [7, 11) is 0. The molecule has 1 aromatic heterocycles. The summed E-state index contributed by atoms with van der Waals surface area (Å²) in [5, 5.41) is 8.89. The van der Waals surface area contributed by atoms with Crippen LogP contribution in [0.3, 0.4) is 0 Å². The summed E-state index contributed by atoms with van der Waals surface area (Å²) < 4.78 is 18.2. The molecule has 8 heteroatoms. The lowest BCUT2D eigenvalue weighted by Gasteiger charge is -2.07. The fourth-order valence-corrected chi connectivity index (χ4v) is 2.32. The number of aryl methyl sites for hydroxylation is 1. The number of nitrogens with one attached hydrogen (secondary N) is 2. The predicted octanol–water partition coefficient (Wildman–Crippen LogP) is 2.81. The SMILES string of the molecule is CCc1nc(-c2ccc(C(=O)NCC(=O)Nc3cccc(F)c3)cc2)no1. The second-order valence-electron chi connectivity index (χ2n) is 5.68. The van der Waals surface area contributed by atoms with Crippen LogP contribution in [0.4, 0.5) is 10.1 Å². The van der Waals surface area contributed by atoms with Gasteiger partial charge in [-0.3, -0.25) is 9.59 Å². The third-order valence-corrected chi connectivity index (χ3v) is 3.69. The normalized spacial score (nSPS) is 10.4. The number of hydrogen-bond acceptors (Lipinski definition) is 5. The molecule has 7 nitrogen and oxygen atoms in total. The number of carbonyl (C=O) groups is 2. The Morgan fingerprint density at radius 3 is 2.59 bits per heavy atom. The molecule has 0 aliphatic rings. The van der Waals surface area contributed by atoms with Crippen LogP contribution in [-0.2, 0) is 11.2 Å². The molecule has 0 bridgehead atoms. The van der Waals surface area contributed by atoms with Crippen LogP contribution < -0.4 is 10.6 Å². The van der Waals surface area contributed by atoms with Crippen LogP contribution >= 0.6 is 0 Å². The number of rotatable bonds is 6. The highest BCUT2D eigenvalue weighted by atomic mass is 19.1. The lowest BCUT2D eigenvalue weighted by Crippen LogP contribution is -2.32. The van der Waals surface area contributed by atoms with Gasteiger partial charge in [-0.2, -0.15) is 4.98 Å². The van der Waals surface area contributed by atoms with Gasteiger partial charge in [0.1, 0.15) is 5.82 Å². The lowest BCUT2D eigenvalue weighted by atomic mass is 10.1. The molecule has 0 saturated heterocycles. The van der Waals surface area contributed by atoms with Gasteiger partial charge in [0.05, 0.1) is 6.54 Å². The van der Waals surface area contributed by atoms with Crippen LogP contribution in [0, 0.1) is 5.82 Å². The molecule has 27 heavy (non-hydrogen) atoms. The summed E-state index contributed by atoms with van der Waals surface area (Å²) in [4.78, 5) is 28.2. The van der Waals surface area contributed by atoms with Gasteiger partial charge in [0.25, 0.3) is 5.91 Å². The molecule has 0 atom stereocenters. The molecule has 1 heterocycles. The van der Waals surface area contributed by atoms with E-state index in [2.05, 4.69) is 20.8 Å². The van der Waals surface area contributed by atoms with E-state index in [1.165, 1.54) is 18.2 Å². The minimum Gasteiger partial charge on any atom is -0.343 e. The molecule has 2 amide bonds. The van der Waals surface area contributed by atoms with Crippen molar-refractivity contribution >= 4 is 17.5 Å². The third-order valence-electron chi connectivity index (χ3n) is 3.69. The predicted molar refractivity (Wildman–Crippen MR) is 96.5 cm³/mol. The second-order valence-corrected chi connectivity index (χ2v) is 5.68. The van der Waals surface area contributed by atoms with E-state index < -0.39 is 17.6 Å². The number of aromatic nitrogens is 2. The zero-order chi connectivity index (χ0) is 19.2. The van der Waals surface area contributed by atoms with Crippen LogP contribution in [0.5, 0.6) is 0 Å². The zero-order valence-corrected chi connectivity index (χ0v) is 14.5. The van der Waals surface area contributed by atoms with Gasteiger partial charge in [-0.15, -0.1) is 0 Å². The minimum absolute atomic E-state index is 0.234. The molecule has 0 unspecified atom stereocenters. The molecule has 138 valence electrons. The number of anilines is 1. The van der Waals surface area contributed by atoms with Crippen molar-refractivity contribution in [1.29, 1.82) is 0 Å². The molecule has 0 aliphatic carbocycles. The Hall–Kier alpha value is -3.55. The first-order valence-electron chi connectivity index (χ1n) is 8.32. The molecule has 0 saturated carbocycles. The minimum atomic E-state index is -0.454. The Bertz CT molecular complexity index is 954. The van der Waals surface area contributed by atoms with Crippen LogP contribution in [0.25, 0.3) is 11.4 Å². The van der Waals surface area contributed by atoms with Crippen molar-refractivity contribution in [3.05, 3.63) is 65.8 Å². The van der Waals surface area contributed by atoms with E-state index in [9.17, 15) is 14.0 Å². The first-order chi connectivity index (χ1) is 13.0. The average Bonchev–Trinajstić information content (AvgIpc) is 3.15. The summed E-state index contributed by atoms with van der Waals surface area (Å²) in [5.41, 5.74) is 1.43. The lowest BCUT2D eigenvalue weighted by molar-refractivity contribution is -0.115. The maximum atomic E-state index is 13.1. The first kappa shape index (κ1) is 18.2. The summed E-state index contributed by atoms with van der Waals surface area (Å²) >= 11 is 0. The van der Waals surface area contributed by atoms with Crippen molar-refractivity contribution in [2.24, 2.45) is 0 Å². The molecular formula is C19H17FN4O3. The highest BCUT2D eigenvalue weighted by Crippen LogP contribution is 2.16. The van der Waals surface area contributed by atoms with Crippen LogP contribution in [0.15, 0.2) is 53.1 Å². The number of halogens is 1. The highest BCUT2D eigenvalue weighted by molar-refractivity contribution is 5.99. The molecule has 0 fully saturated rings. The van der Waals surface area contributed by atoms with Gasteiger partial charge < -0.3 is 15.2 Å². The van der Waals surface area contributed by atoms with E-state index >= 15 is 0 Å². The Morgan fingerprint density at radius 1 is 1.15 bits per heavy atom. The van der Waals surface area contributed by atoms with Gasteiger partial charge in [-0.05, 0) is 30.3 Å². The van der Waals surface area contributed by atoms with E-state index in [1.807, 2.05) is 6.92 Å². The largest absolute Gasteiger partial charge is 0.343 e. The van der Waals surface area contributed by atoms with Crippen LogP contribution in [0.1, 0.15) is 23.2 Å². The summed E-state index contributed by atoms with van der Waals surface area (Å²) in [6.45, 7) is 1.68. The Balaban J connectivity index is 1.55. The van der Waals surface area contributed by atoms with E-state index in [0.717, 1.165) is 5.56 Å². The number of amides is 2. The molecule has 2 aromatic carbocycles. The van der Waals surface area contributed by atoms with E-state index in [1.54, 1.807) is 30.3 Å². The van der Waals surface area contributed by atoms with Crippen LogP contribution in [-0.4, -0.2) is 28.5 Å². The zero-order valence-electron chi connectivity index (χ0n) is 14.5. The Kier molecular flexibility index (Phi) is 5.55. The molecule has 0 radical (unpaired) electrons. The van der Waals surface area contributed by atoms with Crippen molar-refractivity contribution in [2.45, 2.75) is 13.3 Å². The number of carbonyl (C=O) groups excluding carboxylic acids is 2. The van der Waals surface area contributed by atoms with E-state index in [4.69, 9.17) is 4.52 Å². The van der Waals surface area contributed by atoms with Crippen molar-refractivity contribution < 1.29 is 18.5 Å². The van der Waals surface area contributed by atoms with E-state index in [-0.39, 0.29) is 6.54 Å². The number of benzene rings is 2. The first-order valence-corrected chi connectivity index (χ1v) is 8.32. The van der Waals surface area contributed by atoms with Gasteiger partial charge in [0.2, 0.25) is 17.6 Å². The van der Waals surface area contributed by atoms with Crippen molar-refractivity contribution in [3.63, 3.8) is 0 Å². The molecule has 0 aliphatic heterocycles. The molecule has 2 N–H and O–H groups in total. The Morgan fingerprint density at radius 2 is 1.93 bits per heavy atom. The topological polar surface area (TPSA) is 97.1 Å². The maximum absolute atomic E-state index is 13.1. The maximum Gasteiger partial charge on any atom is 0.251 e. The van der Waals surface area contributed by atoms with Gasteiger partial charge in [0.15, 0.2) is 0 Å². The van der Waals surface area contributed by atoms with Gasteiger partial charge in [0, 0.05) is 23.2 Å². The molecule has 3 aromatic rings. The fraction of sp³-hybridized carbons (Fsp3) is 0.158. The van der Waals surface area contributed by atoms with Gasteiger partial charge in [-0.1, -0.05) is 30.3 Å². The number of hydrogen-bond donors (Lipinski definition) is 2. The summed E-state index contributed by atoms with van der Waals surface area (Å²) in [6.07, 6.45) is 0.644. The van der Waals surface area contributed by atoms with Gasteiger partial charge >= 0.3 is 0 Å². The van der Waals surface area contributed by atoms with Crippen molar-refractivity contribution in [1.82, 2.24) is 15.5 Å².